The van der Waals surface area contributed by atoms with Crippen molar-refractivity contribution in [1.82, 2.24) is 10.2 Å². The number of primary amides is 1. The van der Waals surface area contributed by atoms with Crippen molar-refractivity contribution in [1.29, 1.82) is 0 Å². The van der Waals surface area contributed by atoms with E-state index in [9.17, 15) is 4.79 Å². The second kappa shape index (κ2) is 7.84. The number of allylic oxidation sites excluding steroid dienone is 5. The monoisotopic (exact) mass is 305 g/mol. The maximum Gasteiger partial charge on any atom is 0.251 e. The largest absolute Gasteiger partial charge is 0.366 e. The van der Waals surface area contributed by atoms with Gasteiger partial charge in [0, 0.05) is 5.56 Å². The molecule has 1 amide bonds. The highest BCUT2D eigenvalue weighted by Gasteiger charge is 2.18. The van der Waals surface area contributed by atoms with Crippen LogP contribution in [0.25, 0.3) is 16.7 Å². The van der Waals surface area contributed by atoms with Gasteiger partial charge in [0.2, 0.25) is 0 Å². The van der Waals surface area contributed by atoms with Crippen LogP contribution in [0.15, 0.2) is 67.4 Å². The van der Waals surface area contributed by atoms with E-state index in [-0.39, 0.29) is 0 Å². The summed E-state index contributed by atoms with van der Waals surface area (Å²) in [5.41, 5.74) is 8.88. The Hall–Kier alpha value is -3.01. The molecule has 0 spiro atoms. The molecule has 1 aromatic carbocycles. The van der Waals surface area contributed by atoms with Crippen LogP contribution >= 0.6 is 0 Å². The Labute approximate surface area is 136 Å². The molecule has 2 N–H and O–H groups in total. The third-order valence-electron chi connectivity index (χ3n) is 3.34. The molecule has 1 aromatic heterocycles. The van der Waals surface area contributed by atoms with Gasteiger partial charge in [0.25, 0.3) is 5.91 Å². The number of nitrogens with two attached hydrogens (primary N) is 1. The van der Waals surface area contributed by atoms with Crippen molar-refractivity contribution < 1.29 is 4.79 Å². The second-order valence-corrected chi connectivity index (χ2v) is 5.01. The van der Waals surface area contributed by atoms with E-state index in [1.165, 1.54) is 0 Å². The van der Waals surface area contributed by atoms with Crippen molar-refractivity contribution >= 4 is 11.5 Å². The van der Waals surface area contributed by atoms with Gasteiger partial charge in [0.15, 0.2) is 0 Å². The average Bonchev–Trinajstić information content (AvgIpc) is 2.58. The highest BCUT2D eigenvalue weighted by Crippen LogP contribution is 2.27. The Morgan fingerprint density at radius 2 is 2.04 bits per heavy atom. The van der Waals surface area contributed by atoms with Crippen molar-refractivity contribution in [3.8, 4) is 11.1 Å². The van der Waals surface area contributed by atoms with Crippen LogP contribution < -0.4 is 5.73 Å². The number of hydrogen-bond acceptors (Lipinski definition) is 3. The maximum atomic E-state index is 12.0. The van der Waals surface area contributed by atoms with Crippen molar-refractivity contribution in [3.05, 3.63) is 78.7 Å². The van der Waals surface area contributed by atoms with Crippen LogP contribution in [-0.2, 0) is 0 Å². The average molecular weight is 305 g/mol. The lowest BCUT2D eigenvalue weighted by Gasteiger charge is -2.10. The molecule has 23 heavy (non-hydrogen) atoms. The minimum Gasteiger partial charge on any atom is -0.366 e. The number of amides is 1. The number of benzene rings is 1. The quantitative estimate of drug-likeness (QED) is 0.652. The minimum atomic E-state index is -0.517. The van der Waals surface area contributed by atoms with Crippen LogP contribution in [0, 0.1) is 0 Å². The summed E-state index contributed by atoms with van der Waals surface area (Å²) in [5, 5.41) is 8.14. The Bertz CT molecular complexity index is 761. The Balaban J connectivity index is 2.53. The number of carbonyl (C=O) groups excluding carboxylic acids is 1. The first-order valence-corrected chi connectivity index (χ1v) is 7.30. The molecule has 4 nitrogen and oxygen atoms in total. The summed E-state index contributed by atoms with van der Waals surface area (Å²) in [6, 6.07) is 9.55. The van der Waals surface area contributed by atoms with Crippen LogP contribution in [0.2, 0.25) is 0 Å². The number of nitrogens with zero attached hydrogens (tertiary/aromatic N) is 2. The number of hydrogen-bond donors (Lipinski definition) is 1. The van der Waals surface area contributed by atoms with Crippen molar-refractivity contribution in [3.63, 3.8) is 0 Å². The van der Waals surface area contributed by atoms with Crippen LogP contribution in [0.1, 0.15) is 29.4 Å². The van der Waals surface area contributed by atoms with Crippen molar-refractivity contribution in [2.24, 2.45) is 5.73 Å². The zero-order chi connectivity index (χ0) is 16.7. The molecule has 116 valence electrons. The van der Waals surface area contributed by atoms with Crippen LogP contribution in [0.5, 0.6) is 0 Å². The zero-order valence-corrected chi connectivity index (χ0v) is 13.1. The number of carbonyl (C=O) groups is 1. The summed E-state index contributed by atoms with van der Waals surface area (Å²) >= 11 is 0. The molecule has 0 atom stereocenters. The smallest absolute Gasteiger partial charge is 0.251 e. The van der Waals surface area contributed by atoms with E-state index in [1.54, 1.807) is 6.20 Å². The molecule has 2 rings (SSSR count). The molecule has 4 heteroatoms. The lowest BCUT2D eigenvalue weighted by molar-refractivity contribution is 0.1000. The topological polar surface area (TPSA) is 68.9 Å². The third kappa shape index (κ3) is 4.01. The summed E-state index contributed by atoms with van der Waals surface area (Å²) in [4.78, 5) is 12.0. The normalized spacial score (nSPS) is 11.6. The van der Waals surface area contributed by atoms with Gasteiger partial charge in [0.1, 0.15) is 5.69 Å². The molecule has 0 saturated heterocycles. The van der Waals surface area contributed by atoms with Gasteiger partial charge < -0.3 is 5.73 Å². The number of aromatic nitrogens is 2. The molecule has 1 heterocycles. The second-order valence-electron chi connectivity index (χ2n) is 5.01. The minimum absolute atomic E-state index is 0.386. The van der Waals surface area contributed by atoms with Gasteiger partial charge in [-0.1, -0.05) is 54.6 Å². The molecule has 0 fully saturated rings. The van der Waals surface area contributed by atoms with Gasteiger partial charge in [-0.15, -0.1) is 6.58 Å². The first-order chi connectivity index (χ1) is 11.1. The molecule has 2 aromatic rings. The Kier molecular flexibility index (Phi) is 5.58. The molecule has 0 aliphatic carbocycles. The standard InChI is InChI=1S/C19H19N3O/c1-3-4-5-7-10-14(2)18-17(19(20)23)16(13-21-22-18)15-11-8-6-9-12-15/h3,5-13H,1,4H2,2H3,(H2,20,23)/b7-5-,14-10+. The highest BCUT2D eigenvalue weighted by molar-refractivity contribution is 6.03. The predicted molar refractivity (Wildman–Crippen MR) is 93.6 cm³/mol. The molecule has 0 saturated carbocycles. The van der Waals surface area contributed by atoms with Crippen molar-refractivity contribution in [2.75, 3.05) is 0 Å². The van der Waals surface area contributed by atoms with Crippen LogP contribution in [0.4, 0.5) is 0 Å². The number of rotatable bonds is 6. The van der Waals surface area contributed by atoms with Crippen molar-refractivity contribution in [2.45, 2.75) is 13.3 Å². The maximum absolute atomic E-state index is 12.0. The third-order valence-corrected chi connectivity index (χ3v) is 3.34. The van der Waals surface area contributed by atoms with Gasteiger partial charge in [-0.2, -0.15) is 10.2 Å². The first-order valence-electron chi connectivity index (χ1n) is 7.30. The summed E-state index contributed by atoms with van der Waals surface area (Å²) in [6.07, 6.45) is 9.91. The summed E-state index contributed by atoms with van der Waals surface area (Å²) in [6.45, 7) is 5.54. The molecule has 0 aliphatic rings. The fourth-order valence-electron chi connectivity index (χ4n) is 2.21. The first kappa shape index (κ1) is 16.4. The molecular weight excluding hydrogens is 286 g/mol. The van der Waals surface area contributed by atoms with E-state index < -0.39 is 5.91 Å². The van der Waals surface area contributed by atoms with E-state index in [1.807, 2.05) is 61.6 Å². The summed E-state index contributed by atoms with van der Waals surface area (Å²) < 4.78 is 0. The summed E-state index contributed by atoms with van der Waals surface area (Å²) in [7, 11) is 0. The SMILES string of the molecule is C=CC/C=C\C=C(/C)c1nncc(-c2ccccc2)c1C(N)=O. The fourth-order valence-corrected chi connectivity index (χ4v) is 2.21. The van der Waals surface area contributed by atoms with Gasteiger partial charge in [-0.3, -0.25) is 4.79 Å². The molecule has 0 radical (unpaired) electrons. The van der Waals surface area contributed by atoms with E-state index in [2.05, 4.69) is 16.8 Å². The summed E-state index contributed by atoms with van der Waals surface area (Å²) in [5.74, 6) is -0.517. The van der Waals surface area contributed by atoms with Gasteiger partial charge in [-0.25, -0.2) is 0 Å². The van der Waals surface area contributed by atoms with E-state index in [0.717, 1.165) is 17.6 Å². The van der Waals surface area contributed by atoms with Crippen LogP contribution in [-0.4, -0.2) is 16.1 Å². The van der Waals surface area contributed by atoms with E-state index in [0.29, 0.717) is 16.8 Å². The highest BCUT2D eigenvalue weighted by atomic mass is 16.1. The molecule has 0 unspecified atom stereocenters. The Morgan fingerprint density at radius 1 is 1.30 bits per heavy atom. The van der Waals surface area contributed by atoms with Gasteiger partial charge in [0.05, 0.1) is 11.8 Å². The Morgan fingerprint density at radius 3 is 2.70 bits per heavy atom. The van der Waals surface area contributed by atoms with E-state index in [4.69, 9.17) is 5.73 Å². The fraction of sp³-hybridized carbons (Fsp3) is 0.105. The molecule has 0 aliphatic heterocycles. The predicted octanol–water partition coefficient (Wildman–Crippen LogP) is 3.78. The van der Waals surface area contributed by atoms with Crippen LogP contribution in [0.3, 0.4) is 0 Å². The lowest BCUT2D eigenvalue weighted by atomic mass is 9.97. The molecular formula is C19H19N3O. The van der Waals surface area contributed by atoms with Gasteiger partial charge in [-0.05, 0) is 24.5 Å². The zero-order valence-electron chi connectivity index (χ0n) is 13.1. The van der Waals surface area contributed by atoms with Gasteiger partial charge >= 0.3 is 0 Å². The lowest BCUT2D eigenvalue weighted by Crippen LogP contribution is -2.16. The molecule has 0 bridgehead atoms. The van der Waals surface area contributed by atoms with E-state index >= 15 is 0 Å².